The predicted octanol–water partition coefficient (Wildman–Crippen LogP) is 0.0127. The summed E-state index contributed by atoms with van der Waals surface area (Å²) in [6.07, 6.45) is 0. The zero-order valence-corrected chi connectivity index (χ0v) is 7.35. The lowest BCUT2D eigenvalue weighted by atomic mass is 10.1. The molecule has 0 fully saturated rings. The van der Waals surface area contributed by atoms with Gasteiger partial charge in [0.25, 0.3) is 0 Å². The summed E-state index contributed by atoms with van der Waals surface area (Å²) in [5.74, 6) is 0. The van der Waals surface area contributed by atoms with Crippen molar-refractivity contribution < 1.29 is 5.11 Å². The molecule has 1 rings (SSSR count). The second-order valence-electron chi connectivity index (χ2n) is 2.70. The zero-order chi connectivity index (χ0) is 8.48. The van der Waals surface area contributed by atoms with Gasteiger partial charge in [-0.2, -0.15) is 0 Å². The number of aliphatic hydroxyl groups excluding tert-OH is 1. The second-order valence-corrected chi connectivity index (χ2v) is 3.88. The average molecular weight is 173 g/mol. The van der Waals surface area contributed by atoms with Gasteiger partial charge >= 0.3 is 0 Å². The third kappa shape index (κ3) is 1.74. The van der Waals surface area contributed by atoms with E-state index in [2.05, 4.69) is 10.2 Å². The van der Waals surface area contributed by atoms with Crippen LogP contribution in [0.4, 0.5) is 0 Å². The van der Waals surface area contributed by atoms with Crippen molar-refractivity contribution in [2.45, 2.75) is 19.4 Å². The van der Waals surface area contributed by atoms with E-state index in [1.807, 2.05) is 6.92 Å². The van der Waals surface area contributed by atoms with E-state index < -0.39 is 5.54 Å². The topological polar surface area (TPSA) is 72.0 Å². The molecule has 1 unspecified atom stereocenters. The minimum absolute atomic E-state index is 0.109. The van der Waals surface area contributed by atoms with Crippen molar-refractivity contribution in [2.24, 2.45) is 5.73 Å². The van der Waals surface area contributed by atoms with Gasteiger partial charge in [-0.15, -0.1) is 10.2 Å². The number of aliphatic hydroxyl groups is 1. The van der Waals surface area contributed by atoms with E-state index in [0.717, 1.165) is 5.01 Å². The largest absolute Gasteiger partial charge is 0.394 e. The molecule has 5 heteroatoms. The van der Waals surface area contributed by atoms with Gasteiger partial charge in [-0.05, 0) is 13.8 Å². The number of rotatable bonds is 2. The molecule has 1 atom stereocenters. The molecular formula is C6H11N3OS. The van der Waals surface area contributed by atoms with Gasteiger partial charge in [0.15, 0.2) is 0 Å². The molecule has 0 aliphatic heterocycles. The standard InChI is InChI=1S/C6H11N3OS/c1-4-8-9-5(11-4)6(2,7)3-10/h10H,3,7H2,1-2H3. The quantitative estimate of drug-likeness (QED) is 0.661. The molecule has 0 amide bonds. The Morgan fingerprint density at radius 1 is 1.64 bits per heavy atom. The molecule has 4 nitrogen and oxygen atoms in total. The summed E-state index contributed by atoms with van der Waals surface area (Å²) in [7, 11) is 0. The first-order valence-corrected chi connectivity index (χ1v) is 4.08. The fourth-order valence-corrected chi connectivity index (χ4v) is 1.34. The summed E-state index contributed by atoms with van der Waals surface area (Å²) < 4.78 is 0. The van der Waals surface area contributed by atoms with Crippen LogP contribution >= 0.6 is 11.3 Å². The summed E-state index contributed by atoms with van der Waals surface area (Å²) in [6, 6.07) is 0. The fourth-order valence-electron chi connectivity index (χ4n) is 0.595. The van der Waals surface area contributed by atoms with Crippen LogP contribution in [0.2, 0.25) is 0 Å². The fraction of sp³-hybridized carbons (Fsp3) is 0.667. The molecule has 1 aromatic rings. The lowest BCUT2D eigenvalue weighted by Crippen LogP contribution is -2.36. The third-order valence-electron chi connectivity index (χ3n) is 1.34. The maximum atomic E-state index is 8.87. The van der Waals surface area contributed by atoms with Crippen LogP contribution in [-0.2, 0) is 5.54 Å². The second kappa shape index (κ2) is 2.84. The van der Waals surface area contributed by atoms with E-state index in [4.69, 9.17) is 10.8 Å². The van der Waals surface area contributed by atoms with Gasteiger partial charge in [0.2, 0.25) is 0 Å². The van der Waals surface area contributed by atoms with E-state index in [-0.39, 0.29) is 6.61 Å². The number of nitrogens with two attached hydrogens (primary N) is 1. The van der Waals surface area contributed by atoms with Gasteiger partial charge in [0.05, 0.1) is 12.1 Å². The van der Waals surface area contributed by atoms with Crippen molar-refractivity contribution in [2.75, 3.05) is 6.61 Å². The summed E-state index contributed by atoms with van der Waals surface area (Å²) in [4.78, 5) is 0. The minimum atomic E-state index is -0.744. The highest BCUT2D eigenvalue weighted by molar-refractivity contribution is 7.11. The van der Waals surface area contributed by atoms with Gasteiger partial charge in [-0.3, -0.25) is 0 Å². The van der Waals surface area contributed by atoms with Crippen LogP contribution in [0.5, 0.6) is 0 Å². The molecule has 0 aliphatic carbocycles. The van der Waals surface area contributed by atoms with Crippen molar-refractivity contribution in [1.29, 1.82) is 0 Å². The van der Waals surface area contributed by atoms with Gasteiger partial charge in [-0.1, -0.05) is 11.3 Å². The highest BCUT2D eigenvalue weighted by Gasteiger charge is 2.24. The Morgan fingerprint density at radius 3 is 2.64 bits per heavy atom. The Labute approximate surface area is 69.1 Å². The molecule has 11 heavy (non-hydrogen) atoms. The van der Waals surface area contributed by atoms with Crippen LogP contribution in [0, 0.1) is 6.92 Å². The van der Waals surface area contributed by atoms with Crippen molar-refractivity contribution in [3.8, 4) is 0 Å². The molecule has 0 radical (unpaired) electrons. The maximum Gasteiger partial charge on any atom is 0.139 e. The Kier molecular flexibility index (Phi) is 2.22. The smallest absolute Gasteiger partial charge is 0.139 e. The van der Waals surface area contributed by atoms with Crippen LogP contribution < -0.4 is 5.73 Å². The minimum Gasteiger partial charge on any atom is -0.394 e. The summed E-state index contributed by atoms with van der Waals surface area (Å²) >= 11 is 1.41. The van der Waals surface area contributed by atoms with E-state index in [0.29, 0.717) is 5.01 Å². The maximum absolute atomic E-state index is 8.87. The molecule has 1 aromatic heterocycles. The molecule has 0 spiro atoms. The van der Waals surface area contributed by atoms with Crippen molar-refractivity contribution in [3.63, 3.8) is 0 Å². The highest BCUT2D eigenvalue weighted by Crippen LogP contribution is 2.20. The number of hydrogen-bond donors (Lipinski definition) is 2. The van der Waals surface area contributed by atoms with Crippen molar-refractivity contribution in [1.82, 2.24) is 10.2 Å². The molecule has 3 N–H and O–H groups in total. The van der Waals surface area contributed by atoms with Gasteiger partial charge in [-0.25, -0.2) is 0 Å². The Hall–Kier alpha value is -0.520. The monoisotopic (exact) mass is 173 g/mol. The average Bonchev–Trinajstić information content (AvgIpc) is 2.36. The van der Waals surface area contributed by atoms with Crippen molar-refractivity contribution >= 4 is 11.3 Å². The predicted molar refractivity (Wildman–Crippen MR) is 43.3 cm³/mol. The molecule has 0 bridgehead atoms. The van der Waals surface area contributed by atoms with E-state index in [9.17, 15) is 0 Å². The Bertz CT molecular complexity index is 246. The molecule has 0 aliphatic rings. The summed E-state index contributed by atoms with van der Waals surface area (Å²) in [5.41, 5.74) is 4.96. The lowest BCUT2D eigenvalue weighted by Gasteiger charge is -2.16. The molecule has 0 aromatic carbocycles. The number of aromatic nitrogens is 2. The SMILES string of the molecule is Cc1nnc(C(C)(N)CO)s1. The molecular weight excluding hydrogens is 162 g/mol. The first-order valence-electron chi connectivity index (χ1n) is 3.26. The van der Waals surface area contributed by atoms with Crippen LogP contribution in [0.15, 0.2) is 0 Å². The zero-order valence-electron chi connectivity index (χ0n) is 6.53. The number of hydrogen-bond acceptors (Lipinski definition) is 5. The normalized spacial score (nSPS) is 16.4. The highest BCUT2D eigenvalue weighted by atomic mass is 32.1. The Balaban J connectivity index is 2.92. The van der Waals surface area contributed by atoms with E-state index >= 15 is 0 Å². The first-order chi connectivity index (χ1) is 5.06. The molecule has 62 valence electrons. The number of nitrogens with zero attached hydrogens (tertiary/aromatic N) is 2. The lowest BCUT2D eigenvalue weighted by molar-refractivity contribution is 0.209. The number of aryl methyl sites for hydroxylation is 1. The van der Waals surface area contributed by atoms with Gasteiger partial charge in [0.1, 0.15) is 10.0 Å². The van der Waals surface area contributed by atoms with Crippen LogP contribution in [0.25, 0.3) is 0 Å². The molecule has 0 saturated heterocycles. The van der Waals surface area contributed by atoms with Crippen LogP contribution in [-0.4, -0.2) is 21.9 Å². The van der Waals surface area contributed by atoms with Crippen LogP contribution in [0.3, 0.4) is 0 Å². The third-order valence-corrected chi connectivity index (χ3v) is 2.46. The van der Waals surface area contributed by atoms with E-state index in [1.165, 1.54) is 11.3 Å². The van der Waals surface area contributed by atoms with Crippen LogP contribution in [0.1, 0.15) is 16.9 Å². The van der Waals surface area contributed by atoms with Gasteiger partial charge < -0.3 is 10.8 Å². The van der Waals surface area contributed by atoms with Gasteiger partial charge in [0, 0.05) is 0 Å². The molecule has 1 heterocycles. The molecule has 0 saturated carbocycles. The van der Waals surface area contributed by atoms with Crippen molar-refractivity contribution in [3.05, 3.63) is 10.0 Å². The summed E-state index contributed by atoms with van der Waals surface area (Å²) in [5, 5.41) is 18.1. The summed E-state index contributed by atoms with van der Waals surface area (Å²) in [6.45, 7) is 3.48. The van der Waals surface area contributed by atoms with E-state index in [1.54, 1.807) is 6.92 Å². The first kappa shape index (κ1) is 8.58. The Morgan fingerprint density at radius 2 is 2.27 bits per heavy atom.